The van der Waals surface area contributed by atoms with E-state index in [1.807, 2.05) is 0 Å². The van der Waals surface area contributed by atoms with E-state index in [1.165, 1.54) is 45.3 Å². The van der Waals surface area contributed by atoms with Crippen LogP contribution in [0, 0.1) is 12.3 Å². The minimum atomic E-state index is -3.23. The largest absolute Gasteiger partial charge is 0.342 e. The number of nitrogens with one attached hydrogen (secondary N) is 2. The van der Waals surface area contributed by atoms with Crippen LogP contribution in [-0.4, -0.2) is 38.2 Å². The molecule has 7 nitrogen and oxygen atoms in total. The molecule has 0 saturated heterocycles. The highest BCUT2D eigenvalue weighted by molar-refractivity contribution is 6.43. The predicted molar refractivity (Wildman–Crippen MR) is 126 cm³/mol. The number of halogens is 4. The predicted octanol–water partition coefficient (Wildman–Crippen LogP) is 5.61. The molecule has 2 amide bonds. The molecule has 0 bridgehead atoms. The fourth-order valence-electron chi connectivity index (χ4n) is 3.24. The van der Waals surface area contributed by atoms with Crippen LogP contribution < -0.4 is 5.32 Å². The topological polar surface area (TPSA) is 91.0 Å². The number of pyridine rings is 1. The summed E-state index contributed by atoms with van der Waals surface area (Å²) in [5.41, 5.74) is 0.273. The molecule has 3 aromatic rings. The summed E-state index contributed by atoms with van der Waals surface area (Å²) in [7, 11) is 0. The molecule has 2 aromatic heterocycles. The summed E-state index contributed by atoms with van der Waals surface area (Å²) < 4.78 is 28.6. The number of alkyl halides is 2. The molecule has 180 valence electrons. The monoisotopic (exact) mass is 509 g/mol. The summed E-state index contributed by atoms with van der Waals surface area (Å²) in [6.07, 6.45) is 1.15. The summed E-state index contributed by atoms with van der Waals surface area (Å²) in [6, 6.07) is 7.96. The van der Waals surface area contributed by atoms with E-state index in [0.717, 1.165) is 0 Å². The van der Waals surface area contributed by atoms with Gasteiger partial charge >= 0.3 is 6.55 Å². The summed E-state index contributed by atoms with van der Waals surface area (Å²) >= 11 is 12.5. The second-order valence-corrected chi connectivity index (χ2v) is 9.34. The minimum absolute atomic E-state index is 0.0707. The second kappa shape index (κ2) is 10.1. The van der Waals surface area contributed by atoms with Crippen molar-refractivity contribution in [3.05, 3.63) is 69.9 Å². The first-order valence-corrected chi connectivity index (χ1v) is 11.0. The number of H-pyrrole nitrogens is 1. The molecule has 0 saturated carbocycles. The molecule has 3 rings (SSSR count). The van der Waals surface area contributed by atoms with Crippen LogP contribution in [0.2, 0.25) is 10.0 Å². The number of carbonyl (C=O) groups is 2. The van der Waals surface area contributed by atoms with Gasteiger partial charge in [0, 0.05) is 29.1 Å². The third kappa shape index (κ3) is 5.37. The van der Waals surface area contributed by atoms with Gasteiger partial charge in [-0.05, 0) is 25.1 Å². The number of aromatic amines is 1. The fourth-order valence-corrected chi connectivity index (χ4v) is 3.63. The Hall–Kier alpha value is -3.04. The number of benzene rings is 1. The Morgan fingerprint density at radius 2 is 1.85 bits per heavy atom. The van der Waals surface area contributed by atoms with Crippen LogP contribution in [-0.2, 0) is 4.79 Å². The zero-order valence-corrected chi connectivity index (χ0v) is 20.4. The van der Waals surface area contributed by atoms with Crippen molar-refractivity contribution in [2.75, 3.05) is 0 Å². The lowest BCUT2D eigenvalue weighted by atomic mass is 9.94. The van der Waals surface area contributed by atoms with Crippen molar-refractivity contribution < 1.29 is 18.4 Å². The molecule has 1 atom stereocenters. The Kier molecular flexibility index (Phi) is 7.57. The van der Waals surface area contributed by atoms with Gasteiger partial charge in [-0.3, -0.25) is 19.5 Å². The van der Waals surface area contributed by atoms with Gasteiger partial charge in [-0.2, -0.15) is 8.78 Å². The van der Waals surface area contributed by atoms with Gasteiger partial charge in [-0.25, -0.2) is 4.98 Å². The first-order valence-electron chi connectivity index (χ1n) is 10.2. The molecule has 1 aromatic carbocycles. The van der Waals surface area contributed by atoms with Crippen molar-refractivity contribution in [1.82, 2.24) is 25.2 Å². The van der Waals surface area contributed by atoms with Gasteiger partial charge in [0.25, 0.3) is 5.91 Å². The van der Waals surface area contributed by atoms with E-state index in [4.69, 9.17) is 23.2 Å². The third-order valence-corrected chi connectivity index (χ3v) is 5.74. The van der Waals surface area contributed by atoms with E-state index in [-0.39, 0.29) is 16.4 Å². The van der Waals surface area contributed by atoms with Gasteiger partial charge in [0.15, 0.2) is 12.0 Å². The number of aromatic nitrogens is 3. The van der Waals surface area contributed by atoms with Crippen LogP contribution in [0.4, 0.5) is 8.78 Å². The maximum atomic E-state index is 14.3. The van der Waals surface area contributed by atoms with Crippen LogP contribution in [0.1, 0.15) is 48.8 Å². The molecule has 0 radical (unpaired) electrons. The van der Waals surface area contributed by atoms with Crippen molar-refractivity contribution in [2.24, 2.45) is 5.41 Å². The number of imidazole rings is 1. The average Bonchev–Trinajstić information content (AvgIpc) is 3.15. The summed E-state index contributed by atoms with van der Waals surface area (Å²) in [5, 5.41) is 3.02. The molecule has 2 N–H and O–H groups in total. The Bertz CT molecular complexity index is 1200. The standard InChI is InChI=1S/C23H23Cl2F2N5O2/c1-12-17(14-8-5-9-15(24)16(14)25)30-18(29-12)19(31-20(33)13-7-6-10-28-11-13)32(22(26)27)21(34)23(2,3)4/h5-11,19,22H,1-4H3,(H,29,30)(H,31,33). The zero-order chi connectivity index (χ0) is 25.2. The van der Waals surface area contributed by atoms with Crippen molar-refractivity contribution >= 4 is 35.0 Å². The summed E-state index contributed by atoms with van der Waals surface area (Å²) in [5.74, 6) is -1.66. The lowest BCUT2D eigenvalue weighted by Gasteiger charge is -2.34. The van der Waals surface area contributed by atoms with Crippen molar-refractivity contribution in [2.45, 2.75) is 40.4 Å². The van der Waals surface area contributed by atoms with Crippen LogP contribution in [0.15, 0.2) is 42.7 Å². The summed E-state index contributed by atoms with van der Waals surface area (Å²) in [4.78, 5) is 37.4. The average molecular weight is 510 g/mol. The Morgan fingerprint density at radius 3 is 2.44 bits per heavy atom. The van der Waals surface area contributed by atoms with Gasteiger partial charge in [0.05, 0.1) is 21.3 Å². The quantitative estimate of drug-likeness (QED) is 0.333. The van der Waals surface area contributed by atoms with Crippen molar-refractivity contribution in [3.8, 4) is 11.3 Å². The Balaban J connectivity index is 2.12. The van der Waals surface area contributed by atoms with E-state index in [9.17, 15) is 18.4 Å². The maximum Gasteiger partial charge on any atom is 0.319 e. The minimum Gasteiger partial charge on any atom is -0.342 e. The lowest BCUT2D eigenvalue weighted by molar-refractivity contribution is -0.160. The molecule has 2 heterocycles. The number of nitrogens with zero attached hydrogens (tertiary/aromatic N) is 3. The number of hydrogen-bond donors (Lipinski definition) is 2. The molecule has 34 heavy (non-hydrogen) atoms. The van der Waals surface area contributed by atoms with Gasteiger partial charge < -0.3 is 10.3 Å². The van der Waals surface area contributed by atoms with Crippen molar-refractivity contribution in [3.63, 3.8) is 0 Å². The zero-order valence-electron chi connectivity index (χ0n) is 18.9. The highest BCUT2D eigenvalue weighted by Gasteiger charge is 2.40. The molecule has 0 aliphatic heterocycles. The highest BCUT2D eigenvalue weighted by Crippen LogP contribution is 2.35. The highest BCUT2D eigenvalue weighted by atomic mass is 35.5. The molecule has 11 heteroatoms. The molecule has 0 aliphatic rings. The molecule has 0 aliphatic carbocycles. The van der Waals surface area contributed by atoms with Gasteiger partial charge in [0.1, 0.15) is 0 Å². The smallest absolute Gasteiger partial charge is 0.319 e. The van der Waals surface area contributed by atoms with Gasteiger partial charge in [-0.15, -0.1) is 0 Å². The Labute approximate surface area is 205 Å². The lowest BCUT2D eigenvalue weighted by Crippen LogP contribution is -2.51. The van der Waals surface area contributed by atoms with E-state index < -0.39 is 29.9 Å². The Morgan fingerprint density at radius 1 is 1.15 bits per heavy atom. The van der Waals surface area contributed by atoms with E-state index in [2.05, 4.69) is 20.3 Å². The third-order valence-electron chi connectivity index (χ3n) is 4.92. The SMILES string of the molecule is Cc1[nH]c(C(NC(=O)c2cccnc2)N(C(=O)C(C)(C)C)C(F)F)nc1-c1cccc(Cl)c1Cl. The fraction of sp³-hybridized carbons (Fsp3) is 0.304. The normalized spacial score (nSPS) is 12.5. The van der Waals surface area contributed by atoms with Crippen LogP contribution in [0.25, 0.3) is 11.3 Å². The first-order chi connectivity index (χ1) is 15.9. The van der Waals surface area contributed by atoms with Crippen molar-refractivity contribution in [1.29, 1.82) is 0 Å². The molecular weight excluding hydrogens is 487 g/mol. The molecule has 1 unspecified atom stereocenters. The number of hydrogen-bond acceptors (Lipinski definition) is 4. The summed E-state index contributed by atoms with van der Waals surface area (Å²) in [6.45, 7) is 2.97. The van der Waals surface area contributed by atoms with E-state index in [0.29, 0.717) is 26.9 Å². The van der Waals surface area contributed by atoms with Crippen LogP contribution >= 0.6 is 23.2 Å². The van der Waals surface area contributed by atoms with Gasteiger partial charge in [-0.1, -0.05) is 56.1 Å². The molecule has 0 spiro atoms. The number of rotatable bonds is 6. The van der Waals surface area contributed by atoms with Crippen LogP contribution in [0.3, 0.4) is 0 Å². The molecular formula is C23H23Cl2F2N5O2. The number of amides is 2. The number of aryl methyl sites for hydroxylation is 1. The van der Waals surface area contributed by atoms with Crippen LogP contribution in [0.5, 0.6) is 0 Å². The maximum absolute atomic E-state index is 14.3. The van der Waals surface area contributed by atoms with Gasteiger partial charge in [0.2, 0.25) is 5.91 Å². The first kappa shape index (κ1) is 25.6. The van der Waals surface area contributed by atoms with E-state index in [1.54, 1.807) is 25.1 Å². The second-order valence-electron chi connectivity index (χ2n) is 8.55. The number of carbonyl (C=O) groups excluding carboxylic acids is 2. The van der Waals surface area contributed by atoms with E-state index >= 15 is 0 Å². The molecule has 0 fully saturated rings.